The molecule has 0 heterocycles. The van der Waals surface area contributed by atoms with E-state index in [4.69, 9.17) is 5.26 Å². The van der Waals surface area contributed by atoms with E-state index in [1.165, 1.54) is 0 Å². The molecular weight excluding hydrogens is 102 g/mol. The van der Waals surface area contributed by atoms with Crippen LogP contribution < -0.4 is 10.9 Å². The Morgan fingerprint density at radius 1 is 1.50 bits per heavy atom. The summed E-state index contributed by atoms with van der Waals surface area (Å²) in [6.45, 7) is 3.36. The van der Waals surface area contributed by atoms with Crippen LogP contribution in [0.5, 0.6) is 0 Å². The van der Waals surface area contributed by atoms with Gasteiger partial charge in [0.25, 0.3) is 0 Å². The van der Waals surface area contributed by atoms with Gasteiger partial charge in [0.1, 0.15) is 0 Å². The number of hydrogen-bond donors (Lipinski definition) is 2. The molecule has 0 saturated heterocycles. The molecule has 3 heteroatoms. The van der Waals surface area contributed by atoms with Crippen molar-refractivity contribution in [3.63, 3.8) is 0 Å². The Balaban J connectivity index is 2.65. The molecule has 0 fully saturated rings. The molecule has 0 rings (SSSR count). The van der Waals surface area contributed by atoms with Crippen molar-refractivity contribution in [2.24, 2.45) is 0 Å². The molecule has 0 amide bonds. The largest absolute Gasteiger partial charge is 0.257 e. The number of nitriles is 1. The third kappa shape index (κ3) is 5.41. The van der Waals surface area contributed by atoms with Crippen LogP contribution in [0.2, 0.25) is 0 Å². The molecule has 0 atom stereocenters. The van der Waals surface area contributed by atoms with Gasteiger partial charge in [0.2, 0.25) is 0 Å². The first-order valence-corrected chi connectivity index (χ1v) is 2.74. The lowest BCUT2D eigenvalue weighted by atomic mass is 10.5. The first-order chi connectivity index (χ1) is 3.91. The smallest absolute Gasteiger partial charge is 0.0972 e. The SMILES string of the molecule is CCCNNCC#N. The van der Waals surface area contributed by atoms with E-state index < -0.39 is 0 Å². The Morgan fingerprint density at radius 2 is 2.25 bits per heavy atom. The van der Waals surface area contributed by atoms with E-state index in [-0.39, 0.29) is 0 Å². The van der Waals surface area contributed by atoms with E-state index in [0.717, 1.165) is 13.0 Å². The Bertz CT molecular complexity index is 74.2. The molecule has 0 unspecified atom stereocenters. The molecule has 0 aromatic rings. The Kier molecular flexibility index (Phi) is 5.94. The van der Waals surface area contributed by atoms with E-state index in [9.17, 15) is 0 Å². The first-order valence-electron chi connectivity index (χ1n) is 2.74. The van der Waals surface area contributed by atoms with Crippen LogP contribution in [-0.4, -0.2) is 13.1 Å². The van der Waals surface area contributed by atoms with Crippen LogP contribution in [0.1, 0.15) is 13.3 Å². The van der Waals surface area contributed by atoms with Crippen LogP contribution in [0.3, 0.4) is 0 Å². The van der Waals surface area contributed by atoms with Gasteiger partial charge in [0, 0.05) is 6.54 Å². The molecule has 0 spiro atoms. The highest BCUT2D eigenvalue weighted by Crippen LogP contribution is 1.63. The molecule has 8 heavy (non-hydrogen) atoms. The summed E-state index contributed by atoms with van der Waals surface area (Å²) in [7, 11) is 0. The molecule has 0 aromatic heterocycles. The number of hydrazine groups is 1. The molecule has 0 aromatic carbocycles. The fourth-order valence-corrected chi connectivity index (χ4v) is 0.315. The van der Waals surface area contributed by atoms with Crippen molar-refractivity contribution in [3.05, 3.63) is 0 Å². The quantitative estimate of drug-likeness (QED) is 0.307. The first kappa shape index (κ1) is 7.41. The summed E-state index contributed by atoms with van der Waals surface area (Å²) in [6, 6.07) is 1.95. The van der Waals surface area contributed by atoms with Gasteiger partial charge < -0.3 is 0 Å². The van der Waals surface area contributed by atoms with Crippen molar-refractivity contribution in [2.45, 2.75) is 13.3 Å². The maximum atomic E-state index is 8.01. The van der Waals surface area contributed by atoms with Crippen LogP contribution >= 0.6 is 0 Å². The summed E-state index contributed by atoms with van der Waals surface area (Å²) in [5.74, 6) is 0. The topological polar surface area (TPSA) is 47.8 Å². The van der Waals surface area contributed by atoms with Gasteiger partial charge in [-0.25, -0.2) is 5.43 Å². The van der Waals surface area contributed by atoms with Crippen LogP contribution in [0.4, 0.5) is 0 Å². The van der Waals surface area contributed by atoms with Gasteiger partial charge in [-0.15, -0.1) is 0 Å². The van der Waals surface area contributed by atoms with E-state index in [1.54, 1.807) is 0 Å². The van der Waals surface area contributed by atoms with Crippen molar-refractivity contribution in [1.82, 2.24) is 10.9 Å². The molecule has 0 bridgehead atoms. The van der Waals surface area contributed by atoms with Crippen LogP contribution in [0, 0.1) is 11.3 Å². The zero-order chi connectivity index (χ0) is 6.24. The predicted molar refractivity (Wildman–Crippen MR) is 31.9 cm³/mol. The van der Waals surface area contributed by atoms with Crippen molar-refractivity contribution >= 4 is 0 Å². The highest BCUT2D eigenvalue weighted by atomic mass is 15.3. The molecule has 0 saturated carbocycles. The van der Waals surface area contributed by atoms with Crippen molar-refractivity contribution < 1.29 is 0 Å². The summed E-state index contributed by atoms with van der Waals surface area (Å²) in [5, 5.41) is 8.01. The van der Waals surface area contributed by atoms with Gasteiger partial charge in [-0.1, -0.05) is 6.92 Å². The molecule has 2 N–H and O–H groups in total. The third-order valence-corrected chi connectivity index (χ3v) is 0.667. The molecule has 0 radical (unpaired) electrons. The fourth-order valence-electron chi connectivity index (χ4n) is 0.315. The zero-order valence-corrected chi connectivity index (χ0v) is 5.07. The van der Waals surface area contributed by atoms with Gasteiger partial charge in [-0.3, -0.25) is 5.43 Å². The van der Waals surface area contributed by atoms with Crippen LogP contribution in [0.15, 0.2) is 0 Å². The molecule has 0 aliphatic carbocycles. The summed E-state index contributed by atoms with van der Waals surface area (Å²) < 4.78 is 0. The number of hydrogen-bond acceptors (Lipinski definition) is 3. The molecule has 0 aliphatic heterocycles. The second kappa shape index (κ2) is 6.41. The van der Waals surface area contributed by atoms with E-state index in [1.807, 2.05) is 6.07 Å². The Labute approximate surface area is 49.7 Å². The summed E-state index contributed by atoms with van der Waals surface area (Å²) in [5.41, 5.74) is 5.59. The standard InChI is InChI=1S/C5H11N3/c1-2-4-7-8-5-3-6/h7-8H,2,4-5H2,1H3. The third-order valence-electron chi connectivity index (χ3n) is 0.667. The van der Waals surface area contributed by atoms with Gasteiger partial charge >= 0.3 is 0 Å². The highest BCUT2D eigenvalue weighted by molar-refractivity contribution is 4.70. The van der Waals surface area contributed by atoms with E-state index in [0.29, 0.717) is 6.54 Å². The lowest BCUT2D eigenvalue weighted by molar-refractivity contribution is 0.566. The summed E-state index contributed by atoms with van der Waals surface area (Å²) >= 11 is 0. The molecule has 46 valence electrons. The highest BCUT2D eigenvalue weighted by Gasteiger charge is 1.77. The maximum Gasteiger partial charge on any atom is 0.0972 e. The molecule has 0 aliphatic rings. The number of nitrogens with zero attached hydrogens (tertiary/aromatic N) is 1. The van der Waals surface area contributed by atoms with E-state index in [2.05, 4.69) is 17.8 Å². The number of nitrogens with one attached hydrogen (secondary N) is 2. The van der Waals surface area contributed by atoms with Gasteiger partial charge in [-0.2, -0.15) is 5.26 Å². The second-order valence-electron chi connectivity index (χ2n) is 1.44. The minimum absolute atomic E-state index is 0.375. The lowest BCUT2D eigenvalue weighted by Gasteiger charge is -1.97. The van der Waals surface area contributed by atoms with Gasteiger partial charge in [0.15, 0.2) is 0 Å². The zero-order valence-electron chi connectivity index (χ0n) is 5.07. The normalized spacial score (nSPS) is 8.50. The fraction of sp³-hybridized carbons (Fsp3) is 0.800. The minimum Gasteiger partial charge on any atom is -0.257 e. The Morgan fingerprint density at radius 3 is 2.75 bits per heavy atom. The Hall–Kier alpha value is -0.590. The van der Waals surface area contributed by atoms with Crippen molar-refractivity contribution in [1.29, 1.82) is 5.26 Å². The maximum absolute atomic E-state index is 8.01. The summed E-state index contributed by atoms with van der Waals surface area (Å²) in [6.07, 6.45) is 1.08. The summed E-state index contributed by atoms with van der Waals surface area (Å²) in [4.78, 5) is 0. The minimum atomic E-state index is 0.375. The molecular formula is C5H11N3. The van der Waals surface area contributed by atoms with Crippen molar-refractivity contribution in [2.75, 3.05) is 13.1 Å². The monoisotopic (exact) mass is 113 g/mol. The number of rotatable bonds is 4. The van der Waals surface area contributed by atoms with E-state index >= 15 is 0 Å². The average molecular weight is 113 g/mol. The average Bonchev–Trinajstić information content (AvgIpc) is 1.81. The van der Waals surface area contributed by atoms with Gasteiger partial charge in [-0.05, 0) is 6.42 Å². The van der Waals surface area contributed by atoms with Crippen LogP contribution in [-0.2, 0) is 0 Å². The van der Waals surface area contributed by atoms with Crippen molar-refractivity contribution in [3.8, 4) is 6.07 Å². The second-order valence-corrected chi connectivity index (χ2v) is 1.44. The van der Waals surface area contributed by atoms with Crippen LogP contribution in [0.25, 0.3) is 0 Å². The molecule has 3 nitrogen and oxygen atoms in total. The van der Waals surface area contributed by atoms with Gasteiger partial charge in [0.05, 0.1) is 12.6 Å². The lowest BCUT2D eigenvalue weighted by Crippen LogP contribution is -2.32. The predicted octanol–water partition coefficient (Wildman–Crippen LogP) is 0.0142.